The van der Waals surface area contributed by atoms with Crippen LogP contribution in [0.4, 0.5) is 0 Å². The number of benzene rings is 1. The molecule has 0 bridgehead atoms. The van der Waals surface area contributed by atoms with Crippen molar-refractivity contribution >= 4 is 17.7 Å². The molecule has 0 spiro atoms. The van der Waals surface area contributed by atoms with Gasteiger partial charge in [-0.15, -0.1) is 0 Å². The number of thioether (sulfide) groups is 1. The van der Waals surface area contributed by atoms with Gasteiger partial charge in [0.25, 0.3) is 5.56 Å². The Balaban J connectivity index is 1.64. The maximum absolute atomic E-state index is 12.4. The zero-order valence-corrected chi connectivity index (χ0v) is 15.4. The molecule has 25 heavy (non-hydrogen) atoms. The molecule has 0 saturated carbocycles. The first-order valence-corrected chi connectivity index (χ1v) is 9.82. The van der Waals surface area contributed by atoms with E-state index in [1.165, 1.54) is 22.9 Å². The predicted octanol–water partition coefficient (Wildman–Crippen LogP) is 2.93. The first-order valence-electron chi connectivity index (χ1n) is 8.59. The molecule has 132 valence electrons. The molecule has 6 heteroatoms. The van der Waals surface area contributed by atoms with Crippen LogP contribution < -0.4 is 10.9 Å². The summed E-state index contributed by atoms with van der Waals surface area (Å²) in [5, 5.41) is 3.74. The Bertz CT molecular complexity index is 832. The van der Waals surface area contributed by atoms with Gasteiger partial charge in [0, 0.05) is 17.7 Å². The van der Waals surface area contributed by atoms with Gasteiger partial charge in [-0.25, -0.2) is 4.98 Å². The van der Waals surface area contributed by atoms with Crippen LogP contribution in [0.2, 0.25) is 0 Å². The molecule has 3 rings (SSSR count). The van der Waals surface area contributed by atoms with E-state index in [0.29, 0.717) is 29.3 Å². The van der Waals surface area contributed by atoms with Crippen molar-refractivity contribution in [2.45, 2.75) is 50.2 Å². The third-order valence-electron chi connectivity index (χ3n) is 4.70. The second-order valence-electron chi connectivity index (χ2n) is 6.35. The Morgan fingerprint density at radius 3 is 2.96 bits per heavy atom. The molecule has 0 fully saturated rings. The molecule has 1 atom stereocenters. The maximum atomic E-state index is 12.4. The molecule has 1 aromatic carbocycles. The quantitative estimate of drug-likeness (QED) is 0.637. The first-order chi connectivity index (χ1) is 12.1. The number of hydrogen-bond donors (Lipinski definition) is 2. The number of aromatic nitrogens is 2. The van der Waals surface area contributed by atoms with E-state index in [-0.39, 0.29) is 17.5 Å². The molecule has 2 aromatic rings. The summed E-state index contributed by atoms with van der Waals surface area (Å²) in [7, 11) is 0. The summed E-state index contributed by atoms with van der Waals surface area (Å²) in [6, 6.07) is 8.37. The van der Waals surface area contributed by atoms with Crippen LogP contribution in [0.5, 0.6) is 0 Å². The number of carbonyl (C=O) groups is 1. The zero-order valence-electron chi connectivity index (χ0n) is 14.6. The Labute approximate surface area is 151 Å². The largest absolute Gasteiger partial charge is 0.349 e. The van der Waals surface area contributed by atoms with E-state index in [1.807, 2.05) is 25.3 Å². The molecule has 0 saturated heterocycles. The topological polar surface area (TPSA) is 74.8 Å². The Kier molecular flexibility index (Phi) is 5.58. The lowest BCUT2D eigenvalue weighted by molar-refractivity contribution is -0.121. The zero-order chi connectivity index (χ0) is 17.8. The minimum absolute atomic E-state index is 0.0190. The van der Waals surface area contributed by atoms with Crippen molar-refractivity contribution in [3.8, 4) is 0 Å². The third-order valence-corrected chi connectivity index (χ3v) is 5.28. The minimum Gasteiger partial charge on any atom is -0.349 e. The van der Waals surface area contributed by atoms with Crippen LogP contribution in [0.3, 0.4) is 0 Å². The first kappa shape index (κ1) is 17.7. The summed E-state index contributed by atoms with van der Waals surface area (Å²) < 4.78 is 0. The summed E-state index contributed by atoms with van der Waals surface area (Å²) in [6.07, 6.45) is 5.69. The number of rotatable bonds is 5. The maximum Gasteiger partial charge on any atom is 0.254 e. The van der Waals surface area contributed by atoms with E-state index in [9.17, 15) is 9.59 Å². The van der Waals surface area contributed by atoms with E-state index in [0.717, 1.165) is 19.3 Å². The van der Waals surface area contributed by atoms with Crippen molar-refractivity contribution in [2.24, 2.45) is 0 Å². The smallest absolute Gasteiger partial charge is 0.254 e. The van der Waals surface area contributed by atoms with Gasteiger partial charge in [0.2, 0.25) is 5.91 Å². The van der Waals surface area contributed by atoms with Crippen LogP contribution in [0, 0.1) is 6.92 Å². The molecule has 2 N–H and O–H groups in total. The Morgan fingerprint density at radius 1 is 1.40 bits per heavy atom. The Hall–Kier alpha value is -2.08. The minimum atomic E-state index is -0.146. The van der Waals surface area contributed by atoms with Crippen LogP contribution in [0.15, 0.2) is 34.2 Å². The lowest BCUT2D eigenvalue weighted by atomic mass is 9.87. The molecule has 0 aliphatic heterocycles. The van der Waals surface area contributed by atoms with Gasteiger partial charge >= 0.3 is 0 Å². The van der Waals surface area contributed by atoms with Crippen LogP contribution in [-0.2, 0) is 17.6 Å². The van der Waals surface area contributed by atoms with Gasteiger partial charge in [-0.05, 0) is 50.0 Å². The van der Waals surface area contributed by atoms with Gasteiger partial charge in [0.05, 0.1) is 6.04 Å². The van der Waals surface area contributed by atoms with E-state index < -0.39 is 0 Å². The van der Waals surface area contributed by atoms with Crippen molar-refractivity contribution in [3.05, 3.63) is 57.0 Å². The number of fused-ring (bicyclic) bond motifs is 1. The van der Waals surface area contributed by atoms with Gasteiger partial charge in [-0.3, -0.25) is 9.59 Å². The van der Waals surface area contributed by atoms with Crippen LogP contribution >= 0.6 is 11.8 Å². The fourth-order valence-electron chi connectivity index (χ4n) is 3.38. The highest BCUT2D eigenvalue weighted by Gasteiger charge is 2.21. The molecule has 1 aliphatic carbocycles. The fraction of sp³-hybridized carbons (Fsp3) is 0.421. The highest BCUT2D eigenvalue weighted by Crippen LogP contribution is 2.29. The summed E-state index contributed by atoms with van der Waals surface area (Å²) >= 11 is 1.40. The number of H-pyrrole nitrogens is 1. The third kappa shape index (κ3) is 4.12. The second-order valence-corrected chi connectivity index (χ2v) is 7.15. The average molecular weight is 357 g/mol. The number of nitrogens with one attached hydrogen (secondary N) is 2. The monoisotopic (exact) mass is 357 g/mol. The molecule has 0 radical (unpaired) electrons. The summed E-state index contributed by atoms with van der Waals surface area (Å²) in [5.41, 5.74) is 3.69. The van der Waals surface area contributed by atoms with Crippen LogP contribution in [0.1, 0.15) is 47.7 Å². The molecule has 1 unspecified atom stereocenters. The molecular formula is C19H23N3O2S. The van der Waals surface area contributed by atoms with Crippen molar-refractivity contribution < 1.29 is 4.79 Å². The fourth-order valence-corrected chi connectivity index (χ4v) is 3.81. The average Bonchev–Trinajstić information content (AvgIpc) is 2.61. The van der Waals surface area contributed by atoms with Crippen LogP contribution in [0.25, 0.3) is 0 Å². The lowest BCUT2D eigenvalue weighted by Crippen LogP contribution is -2.31. The van der Waals surface area contributed by atoms with Crippen molar-refractivity contribution in [1.82, 2.24) is 15.3 Å². The number of hydrogen-bond acceptors (Lipinski definition) is 4. The van der Waals surface area contributed by atoms with Gasteiger partial charge in [0.15, 0.2) is 5.16 Å². The van der Waals surface area contributed by atoms with E-state index in [2.05, 4.69) is 27.4 Å². The highest BCUT2D eigenvalue weighted by molar-refractivity contribution is 7.98. The van der Waals surface area contributed by atoms with E-state index >= 15 is 0 Å². The normalized spacial score (nSPS) is 16.3. The molecular weight excluding hydrogens is 334 g/mol. The molecule has 1 aromatic heterocycles. The lowest BCUT2D eigenvalue weighted by Gasteiger charge is -2.26. The van der Waals surface area contributed by atoms with Gasteiger partial charge in [0.1, 0.15) is 0 Å². The second kappa shape index (κ2) is 7.87. The Morgan fingerprint density at radius 2 is 2.20 bits per heavy atom. The number of aromatic amines is 1. The number of aryl methyl sites for hydroxylation is 2. The van der Waals surface area contributed by atoms with Crippen molar-refractivity contribution in [2.75, 3.05) is 6.26 Å². The molecule has 1 aliphatic rings. The summed E-state index contributed by atoms with van der Waals surface area (Å²) in [6.45, 7) is 1.82. The molecule has 1 amide bonds. The summed E-state index contributed by atoms with van der Waals surface area (Å²) in [4.78, 5) is 31.6. The van der Waals surface area contributed by atoms with Crippen LogP contribution in [-0.4, -0.2) is 22.1 Å². The number of amides is 1. The van der Waals surface area contributed by atoms with Gasteiger partial charge in [-0.1, -0.05) is 36.0 Å². The summed E-state index contributed by atoms with van der Waals surface area (Å²) in [5.74, 6) is -0.0190. The number of nitrogens with zero attached hydrogens (tertiary/aromatic N) is 1. The SMILES string of the molecule is CSc1nc(C)c(CCC(=O)NC2CCCc3ccccc32)c(=O)[nH]1. The molecule has 5 nitrogen and oxygen atoms in total. The van der Waals surface area contributed by atoms with Crippen molar-refractivity contribution in [3.63, 3.8) is 0 Å². The van der Waals surface area contributed by atoms with E-state index in [4.69, 9.17) is 0 Å². The van der Waals surface area contributed by atoms with Crippen molar-refractivity contribution in [1.29, 1.82) is 0 Å². The molecule has 1 heterocycles. The van der Waals surface area contributed by atoms with E-state index in [1.54, 1.807) is 0 Å². The van der Waals surface area contributed by atoms with Gasteiger partial charge in [-0.2, -0.15) is 0 Å². The predicted molar refractivity (Wildman–Crippen MR) is 100.0 cm³/mol. The number of carbonyl (C=O) groups excluding carboxylic acids is 1. The highest BCUT2D eigenvalue weighted by atomic mass is 32.2. The standard InChI is InChI=1S/C19H23N3O2S/c1-12-14(18(24)22-19(20-12)25-2)10-11-17(23)21-16-9-5-7-13-6-3-4-8-15(13)16/h3-4,6,8,16H,5,7,9-11H2,1-2H3,(H,21,23)(H,20,22,24). The van der Waals surface area contributed by atoms with Gasteiger partial charge < -0.3 is 10.3 Å².